The van der Waals surface area contributed by atoms with E-state index in [1.807, 2.05) is 0 Å². The van der Waals surface area contributed by atoms with E-state index in [-0.39, 0.29) is 6.71 Å². The van der Waals surface area contributed by atoms with Crippen molar-refractivity contribution in [2.75, 3.05) is 57.0 Å². The zero-order valence-electron chi connectivity index (χ0n) is 41.8. The average Bonchev–Trinajstić information content (AvgIpc) is 3.27. The zero-order chi connectivity index (χ0) is 46.9. The van der Waals surface area contributed by atoms with Gasteiger partial charge in [-0.05, 0) is 189 Å². The van der Waals surface area contributed by atoms with Crippen molar-refractivity contribution in [3.63, 3.8) is 0 Å². The summed E-state index contributed by atoms with van der Waals surface area (Å²) in [6, 6.07) is 25.5. The Kier molecular flexibility index (Phi) is 14.0. The Morgan fingerprint density at radius 1 is 0.266 bits per heavy atom. The van der Waals surface area contributed by atoms with Crippen LogP contribution in [-0.4, -0.2) is 49.0 Å². The molecule has 0 amide bonds. The lowest BCUT2D eigenvalue weighted by molar-refractivity contribution is 1.13. The largest absolute Gasteiger partial charge is 0.378 e. The van der Waals surface area contributed by atoms with E-state index in [1.165, 1.54) is 83.1 Å². The van der Waals surface area contributed by atoms with Gasteiger partial charge >= 0.3 is 0 Å². The Morgan fingerprint density at radius 3 is 0.625 bits per heavy atom. The molecule has 6 aromatic carbocycles. The molecule has 0 N–H and O–H groups in total. The summed E-state index contributed by atoms with van der Waals surface area (Å²) in [5, 5.41) is 0. The highest BCUT2D eigenvalue weighted by molar-refractivity contribution is 6.97. The fraction of sp³-hybridized carbons (Fsp3) is 0.300. The number of nitrogens with zero attached hydrogens (tertiary/aromatic N) is 3. The van der Waals surface area contributed by atoms with Crippen molar-refractivity contribution < 1.29 is 0 Å². The second kappa shape index (κ2) is 19.1. The van der Waals surface area contributed by atoms with E-state index >= 15 is 0 Å². The highest BCUT2D eigenvalue weighted by atomic mass is 15.1. The fourth-order valence-electron chi connectivity index (χ4n) is 9.25. The molecule has 0 aliphatic rings. The van der Waals surface area contributed by atoms with Gasteiger partial charge in [0.1, 0.15) is 0 Å². The van der Waals surface area contributed by atoms with Gasteiger partial charge in [-0.1, -0.05) is 85.3 Å². The molecule has 0 aliphatic carbocycles. The van der Waals surface area contributed by atoms with Crippen LogP contribution >= 0.6 is 0 Å². The van der Waals surface area contributed by atoms with Crippen molar-refractivity contribution >= 4 is 40.2 Å². The van der Waals surface area contributed by atoms with E-state index in [4.69, 9.17) is 0 Å². The highest BCUT2D eigenvalue weighted by Gasteiger charge is 2.35. The maximum atomic E-state index is 3.64. The Balaban J connectivity index is 1.61. The predicted molar refractivity (Wildman–Crippen MR) is 281 cm³/mol. The van der Waals surface area contributed by atoms with Crippen molar-refractivity contribution in [2.45, 2.75) is 83.1 Å². The summed E-state index contributed by atoms with van der Waals surface area (Å²) in [5.41, 5.74) is 29.1. The highest BCUT2D eigenvalue weighted by Crippen LogP contribution is 2.28. The van der Waals surface area contributed by atoms with Crippen LogP contribution in [0.15, 0.2) is 72.8 Å². The first-order valence-electron chi connectivity index (χ1n) is 22.4. The van der Waals surface area contributed by atoms with E-state index in [9.17, 15) is 0 Å². The van der Waals surface area contributed by atoms with Crippen LogP contribution in [0.25, 0.3) is 0 Å². The van der Waals surface area contributed by atoms with Crippen LogP contribution in [0.4, 0.5) is 17.1 Å². The summed E-state index contributed by atoms with van der Waals surface area (Å²) < 4.78 is 0. The van der Waals surface area contributed by atoms with Gasteiger partial charge in [-0.15, -0.1) is 0 Å². The van der Waals surface area contributed by atoms with Gasteiger partial charge in [-0.3, -0.25) is 0 Å². The van der Waals surface area contributed by atoms with Gasteiger partial charge in [-0.2, -0.15) is 0 Å². The van der Waals surface area contributed by atoms with Crippen LogP contribution in [0.5, 0.6) is 0 Å². The minimum atomic E-state index is -0.0334. The molecule has 0 atom stereocenters. The lowest BCUT2D eigenvalue weighted by Crippen LogP contribution is -2.58. The lowest BCUT2D eigenvalue weighted by Gasteiger charge is -2.31. The van der Waals surface area contributed by atoms with Crippen LogP contribution in [0, 0.1) is 119 Å². The fourth-order valence-corrected chi connectivity index (χ4v) is 9.25. The van der Waals surface area contributed by atoms with Crippen LogP contribution in [0.3, 0.4) is 0 Å². The zero-order valence-corrected chi connectivity index (χ0v) is 41.8. The smallest absolute Gasteiger partial charge is 0.243 e. The first kappa shape index (κ1) is 47.0. The molecule has 0 heterocycles. The van der Waals surface area contributed by atoms with E-state index in [2.05, 4.69) is 248 Å². The molecule has 0 aliphatic heterocycles. The van der Waals surface area contributed by atoms with Crippen LogP contribution in [0.2, 0.25) is 0 Å². The predicted octanol–water partition coefficient (Wildman–Crippen LogP) is 10.3. The van der Waals surface area contributed by atoms with Crippen molar-refractivity contribution in [1.82, 2.24) is 0 Å². The van der Waals surface area contributed by atoms with Crippen LogP contribution < -0.4 is 31.1 Å². The molecule has 0 unspecified atom stereocenters. The number of rotatable bonds is 6. The number of anilines is 3. The van der Waals surface area contributed by atoms with Gasteiger partial charge in [0.2, 0.25) is 6.71 Å². The standard InChI is InChI=1S/C60H66BN3/c1-37-43(7)58(44(8)38(2)55(37)34-25-49-19-28-52(29-20-49)62(13)14)61(59-45(9)39(3)56(40(4)46(59)10)35-26-50-21-30-53(31-22-50)63(15)16)60-47(11)41(5)57(42(6)48(60)12)36-27-51-23-32-54(33-24-51)64(17)18/h19-24,28-33H,1-18H3. The molecule has 0 aromatic heterocycles. The normalized spacial score (nSPS) is 10.6. The third kappa shape index (κ3) is 9.10. The minimum Gasteiger partial charge on any atom is -0.378 e. The SMILES string of the molecule is Cc1c(C)c(B(c2c(C)c(C)c(C#Cc3ccc(N(C)C)cc3)c(C)c2C)c2c(C)c(C)c(C#Cc3ccc(N(C)C)cc3)c(C)c2C)c(C)c(C)c1C#Cc1ccc(N(C)C)cc1. The van der Waals surface area contributed by atoms with Crippen molar-refractivity contribution in [2.24, 2.45) is 0 Å². The van der Waals surface area contributed by atoms with E-state index in [0.717, 1.165) is 50.4 Å². The molecule has 6 aromatic rings. The lowest BCUT2D eigenvalue weighted by atomic mass is 9.32. The molecule has 3 nitrogen and oxygen atoms in total. The summed E-state index contributed by atoms with van der Waals surface area (Å²) in [6.07, 6.45) is 0. The Bertz CT molecular complexity index is 2550. The van der Waals surface area contributed by atoms with Crippen LogP contribution in [-0.2, 0) is 0 Å². The molecular formula is C60H66BN3. The van der Waals surface area contributed by atoms with Gasteiger partial charge in [0, 0.05) is 92.7 Å². The Hall–Kier alpha value is -6.54. The number of benzene rings is 6. The first-order chi connectivity index (χ1) is 30.2. The molecule has 0 saturated carbocycles. The van der Waals surface area contributed by atoms with Crippen LogP contribution in [0.1, 0.15) is 100 Å². The quantitative estimate of drug-likeness (QED) is 0.122. The van der Waals surface area contributed by atoms with E-state index in [0.29, 0.717) is 0 Å². The minimum absolute atomic E-state index is 0.0334. The summed E-state index contributed by atoms with van der Waals surface area (Å²) in [6.45, 7) is 27.5. The molecular weight excluding hydrogens is 773 g/mol. The first-order valence-corrected chi connectivity index (χ1v) is 22.4. The van der Waals surface area contributed by atoms with E-state index in [1.54, 1.807) is 0 Å². The van der Waals surface area contributed by atoms with Gasteiger partial charge < -0.3 is 14.7 Å². The summed E-state index contributed by atoms with van der Waals surface area (Å²) in [4.78, 5) is 6.35. The molecule has 0 bridgehead atoms. The van der Waals surface area contributed by atoms with Crippen molar-refractivity contribution in [1.29, 1.82) is 0 Å². The Morgan fingerprint density at radius 2 is 0.453 bits per heavy atom. The van der Waals surface area contributed by atoms with Crippen molar-refractivity contribution in [3.8, 4) is 35.5 Å². The van der Waals surface area contributed by atoms with Gasteiger partial charge in [0.05, 0.1) is 0 Å². The summed E-state index contributed by atoms with van der Waals surface area (Å²) >= 11 is 0. The van der Waals surface area contributed by atoms with Crippen molar-refractivity contribution in [3.05, 3.63) is 173 Å². The number of hydrogen-bond acceptors (Lipinski definition) is 3. The molecule has 4 heteroatoms. The van der Waals surface area contributed by atoms with E-state index < -0.39 is 0 Å². The number of hydrogen-bond donors (Lipinski definition) is 0. The summed E-state index contributed by atoms with van der Waals surface area (Å²) in [5.74, 6) is 21.5. The summed E-state index contributed by atoms with van der Waals surface area (Å²) in [7, 11) is 12.4. The van der Waals surface area contributed by atoms with Gasteiger partial charge in [-0.25, -0.2) is 0 Å². The van der Waals surface area contributed by atoms with Gasteiger partial charge in [0.25, 0.3) is 0 Å². The molecule has 0 spiro atoms. The maximum Gasteiger partial charge on any atom is 0.243 e. The third-order valence-electron chi connectivity index (χ3n) is 14.1. The topological polar surface area (TPSA) is 9.72 Å². The third-order valence-corrected chi connectivity index (χ3v) is 14.1. The molecule has 324 valence electrons. The molecule has 0 saturated heterocycles. The molecule has 0 fully saturated rings. The molecule has 0 radical (unpaired) electrons. The van der Waals surface area contributed by atoms with Gasteiger partial charge in [0.15, 0.2) is 0 Å². The second-order valence-electron chi connectivity index (χ2n) is 18.4. The monoisotopic (exact) mass is 840 g/mol. The molecule has 64 heavy (non-hydrogen) atoms. The maximum absolute atomic E-state index is 3.64. The molecule has 6 rings (SSSR count). The Labute approximate surface area is 387 Å². The average molecular weight is 840 g/mol. The second-order valence-corrected chi connectivity index (χ2v) is 18.4.